The summed E-state index contributed by atoms with van der Waals surface area (Å²) in [5.74, 6) is -0.00399. The number of nitrogens with zero attached hydrogens (tertiary/aromatic N) is 2. The minimum atomic E-state index is -0.384. The lowest BCUT2D eigenvalue weighted by molar-refractivity contribution is 0.102. The third-order valence-electron chi connectivity index (χ3n) is 4.22. The molecular formula is C21H21Cl2N3O3. The number of halogens is 2. The molecular weight excluding hydrogens is 413 g/mol. The van der Waals surface area contributed by atoms with Crippen molar-refractivity contribution in [2.75, 3.05) is 25.6 Å². The second-order valence-electron chi connectivity index (χ2n) is 6.31. The van der Waals surface area contributed by atoms with E-state index in [2.05, 4.69) is 10.4 Å². The molecule has 0 spiro atoms. The molecule has 6 nitrogen and oxygen atoms in total. The number of hydrogen-bond donors (Lipinski definition) is 1. The Kier molecular flexibility index (Phi) is 7.14. The van der Waals surface area contributed by atoms with Gasteiger partial charge in [-0.3, -0.25) is 4.79 Å². The summed E-state index contributed by atoms with van der Waals surface area (Å²) in [7, 11) is 1.58. The molecule has 0 saturated carbocycles. The minimum Gasteiger partial charge on any atom is -0.487 e. The van der Waals surface area contributed by atoms with Crippen LogP contribution in [0.4, 0.5) is 5.69 Å². The first-order valence-electron chi connectivity index (χ1n) is 8.99. The zero-order valence-electron chi connectivity index (χ0n) is 16.1. The van der Waals surface area contributed by atoms with Gasteiger partial charge in [-0.2, -0.15) is 5.10 Å². The Morgan fingerprint density at radius 3 is 2.59 bits per heavy atom. The number of aromatic nitrogens is 2. The van der Waals surface area contributed by atoms with Crippen molar-refractivity contribution in [3.63, 3.8) is 0 Å². The van der Waals surface area contributed by atoms with E-state index in [0.29, 0.717) is 47.5 Å². The summed E-state index contributed by atoms with van der Waals surface area (Å²) < 4.78 is 12.3. The van der Waals surface area contributed by atoms with Crippen molar-refractivity contribution in [2.24, 2.45) is 0 Å². The zero-order valence-corrected chi connectivity index (χ0v) is 17.6. The van der Waals surface area contributed by atoms with Crippen molar-refractivity contribution in [1.29, 1.82) is 0 Å². The molecule has 8 heteroatoms. The Morgan fingerprint density at radius 2 is 1.86 bits per heavy atom. The van der Waals surface area contributed by atoms with Gasteiger partial charge < -0.3 is 14.8 Å². The number of para-hydroxylation sites is 1. The zero-order chi connectivity index (χ0) is 20.8. The van der Waals surface area contributed by atoms with Crippen LogP contribution in [0.5, 0.6) is 5.75 Å². The molecule has 0 unspecified atom stereocenters. The van der Waals surface area contributed by atoms with E-state index in [9.17, 15) is 4.79 Å². The SMILES string of the molecule is COCCOc1c(Cl)cccc1NC(=O)c1c(C)nn(Cc2ccccc2)c1Cl. The molecule has 0 radical (unpaired) electrons. The summed E-state index contributed by atoms with van der Waals surface area (Å²) in [4.78, 5) is 12.9. The Hall–Kier alpha value is -2.54. The number of rotatable bonds is 8. The minimum absolute atomic E-state index is 0.271. The van der Waals surface area contributed by atoms with Crippen molar-refractivity contribution in [3.05, 3.63) is 75.5 Å². The molecule has 29 heavy (non-hydrogen) atoms. The highest BCUT2D eigenvalue weighted by molar-refractivity contribution is 6.34. The van der Waals surface area contributed by atoms with E-state index in [1.54, 1.807) is 36.9 Å². The van der Waals surface area contributed by atoms with Crippen LogP contribution in [-0.2, 0) is 11.3 Å². The molecule has 1 N–H and O–H groups in total. The summed E-state index contributed by atoms with van der Waals surface area (Å²) in [6.07, 6.45) is 0. The molecule has 0 bridgehead atoms. The Balaban J connectivity index is 1.82. The lowest BCUT2D eigenvalue weighted by Gasteiger charge is -2.14. The number of nitrogens with one attached hydrogen (secondary N) is 1. The number of amides is 1. The molecule has 0 saturated heterocycles. The first-order chi connectivity index (χ1) is 14.0. The van der Waals surface area contributed by atoms with E-state index in [-0.39, 0.29) is 11.1 Å². The molecule has 1 amide bonds. The van der Waals surface area contributed by atoms with Gasteiger partial charge in [0.15, 0.2) is 5.75 Å². The summed E-state index contributed by atoms with van der Waals surface area (Å²) in [5, 5.41) is 7.91. The second kappa shape index (κ2) is 9.78. The molecule has 0 aliphatic heterocycles. The van der Waals surface area contributed by atoms with Gasteiger partial charge in [-0.25, -0.2) is 4.68 Å². The van der Waals surface area contributed by atoms with E-state index in [1.807, 2.05) is 30.3 Å². The number of hydrogen-bond acceptors (Lipinski definition) is 4. The Labute approximate surface area is 179 Å². The molecule has 0 atom stereocenters. The number of carbonyl (C=O) groups is 1. The number of ether oxygens (including phenoxy) is 2. The average molecular weight is 434 g/mol. The molecule has 3 rings (SSSR count). The molecule has 1 aromatic heterocycles. The standard InChI is InChI=1S/C21H21Cl2N3O3/c1-14-18(20(23)26(25-14)13-15-7-4-3-5-8-15)21(27)24-17-10-6-9-16(22)19(17)29-12-11-28-2/h3-10H,11-13H2,1-2H3,(H,24,27). The molecule has 0 fully saturated rings. The van der Waals surface area contributed by atoms with E-state index in [4.69, 9.17) is 32.7 Å². The number of anilines is 1. The van der Waals surface area contributed by atoms with Gasteiger partial charge in [0.1, 0.15) is 11.8 Å². The average Bonchev–Trinajstić information content (AvgIpc) is 2.98. The van der Waals surface area contributed by atoms with E-state index < -0.39 is 0 Å². The summed E-state index contributed by atoms with van der Waals surface area (Å²) >= 11 is 12.7. The Morgan fingerprint density at radius 1 is 1.10 bits per heavy atom. The summed E-state index contributed by atoms with van der Waals surface area (Å²) in [5.41, 5.74) is 2.33. The van der Waals surface area contributed by atoms with Gasteiger partial charge in [-0.1, -0.05) is 59.6 Å². The largest absolute Gasteiger partial charge is 0.487 e. The van der Waals surface area contributed by atoms with Gasteiger partial charge in [-0.15, -0.1) is 0 Å². The highest BCUT2D eigenvalue weighted by atomic mass is 35.5. The Bertz CT molecular complexity index is 990. The first-order valence-corrected chi connectivity index (χ1v) is 9.75. The quantitative estimate of drug-likeness (QED) is 0.516. The van der Waals surface area contributed by atoms with Crippen molar-refractivity contribution >= 4 is 34.8 Å². The maximum absolute atomic E-state index is 12.9. The molecule has 0 aliphatic rings. The lowest BCUT2D eigenvalue weighted by Crippen LogP contribution is -2.15. The smallest absolute Gasteiger partial charge is 0.260 e. The van der Waals surface area contributed by atoms with Crippen LogP contribution >= 0.6 is 23.2 Å². The van der Waals surface area contributed by atoms with Crippen LogP contribution in [0.25, 0.3) is 0 Å². The van der Waals surface area contributed by atoms with Gasteiger partial charge in [0.05, 0.1) is 35.1 Å². The van der Waals surface area contributed by atoms with E-state index in [0.717, 1.165) is 5.56 Å². The summed E-state index contributed by atoms with van der Waals surface area (Å²) in [6, 6.07) is 14.9. The van der Waals surface area contributed by atoms with Crippen LogP contribution in [0.15, 0.2) is 48.5 Å². The number of methoxy groups -OCH3 is 1. The number of aryl methyl sites for hydroxylation is 1. The molecule has 3 aromatic rings. The highest BCUT2D eigenvalue weighted by Crippen LogP contribution is 2.34. The predicted octanol–water partition coefficient (Wildman–Crippen LogP) is 4.82. The van der Waals surface area contributed by atoms with Gasteiger partial charge >= 0.3 is 0 Å². The van der Waals surface area contributed by atoms with Gasteiger partial charge in [0.2, 0.25) is 0 Å². The third kappa shape index (κ3) is 5.09. The topological polar surface area (TPSA) is 65.4 Å². The van der Waals surface area contributed by atoms with Crippen molar-refractivity contribution in [1.82, 2.24) is 9.78 Å². The number of benzene rings is 2. The van der Waals surface area contributed by atoms with Crippen molar-refractivity contribution in [2.45, 2.75) is 13.5 Å². The fraction of sp³-hybridized carbons (Fsp3) is 0.238. The van der Waals surface area contributed by atoms with Crippen molar-refractivity contribution in [3.8, 4) is 5.75 Å². The van der Waals surface area contributed by atoms with Gasteiger partial charge in [0, 0.05) is 7.11 Å². The molecule has 152 valence electrons. The van der Waals surface area contributed by atoms with Crippen molar-refractivity contribution < 1.29 is 14.3 Å². The predicted molar refractivity (Wildman–Crippen MR) is 114 cm³/mol. The highest BCUT2D eigenvalue weighted by Gasteiger charge is 2.22. The summed E-state index contributed by atoms with van der Waals surface area (Å²) in [6.45, 7) is 2.92. The van der Waals surface area contributed by atoms with Crippen LogP contribution in [-0.4, -0.2) is 36.0 Å². The maximum atomic E-state index is 12.9. The monoisotopic (exact) mass is 433 g/mol. The maximum Gasteiger partial charge on any atom is 0.260 e. The van der Waals surface area contributed by atoms with E-state index in [1.165, 1.54) is 0 Å². The fourth-order valence-electron chi connectivity index (χ4n) is 2.84. The molecule has 2 aromatic carbocycles. The fourth-order valence-corrected chi connectivity index (χ4v) is 3.39. The van der Waals surface area contributed by atoms with Gasteiger partial charge in [0.25, 0.3) is 5.91 Å². The van der Waals surface area contributed by atoms with Crippen LogP contribution in [0, 0.1) is 6.92 Å². The van der Waals surface area contributed by atoms with Crippen LogP contribution in [0.3, 0.4) is 0 Å². The van der Waals surface area contributed by atoms with E-state index >= 15 is 0 Å². The van der Waals surface area contributed by atoms with Crippen LogP contribution in [0.2, 0.25) is 10.2 Å². The number of carbonyl (C=O) groups excluding carboxylic acids is 1. The van der Waals surface area contributed by atoms with Crippen LogP contribution in [0.1, 0.15) is 21.6 Å². The molecule has 0 aliphatic carbocycles. The first kappa shape index (κ1) is 21.2. The van der Waals surface area contributed by atoms with Crippen LogP contribution < -0.4 is 10.1 Å². The second-order valence-corrected chi connectivity index (χ2v) is 7.07. The normalized spacial score (nSPS) is 10.8. The molecule has 1 heterocycles. The lowest BCUT2D eigenvalue weighted by atomic mass is 10.2. The van der Waals surface area contributed by atoms with Gasteiger partial charge in [-0.05, 0) is 24.6 Å². The third-order valence-corrected chi connectivity index (χ3v) is 4.90.